The van der Waals surface area contributed by atoms with Crippen LogP contribution >= 0.6 is 0 Å². The number of anilines is 1. The molecule has 0 aliphatic heterocycles. The van der Waals surface area contributed by atoms with E-state index in [9.17, 15) is 4.79 Å². The fourth-order valence-electron chi connectivity index (χ4n) is 4.88. The van der Waals surface area contributed by atoms with Crippen molar-refractivity contribution >= 4 is 23.0 Å². The first-order chi connectivity index (χ1) is 16.6. The number of carbonyl (C=O) groups excluding carboxylic acids is 1. The topological polar surface area (TPSA) is 79.8 Å². The van der Waals surface area contributed by atoms with Crippen molar-refractivity contribution < 1.29 is 4.79 Å². The van der Waals surface area contributed by atoms with E-state index in [0.717, 1.165) is 24.1 Å². The molecule has 34 heavy (non-hydrogen) atoms. The van der Waals surface area contributed by atoms with Crippen molar-refractivity contribution in [2.45, 2.75) is 52.0 Å². The fraction of sp³-hybridized carbons (Fsp3) is 0.286. The monoisotopic (exact) mass is 451 g/mol. The van der Waals surface area contributed by atoms with Crippen LogP contribution in [0.25, 0.3) is 33.5 Å². The second kappa shape index (κ2) is 9.59. The highest BCUT2D eigenvalue weighted by Crippen LogP contribution is 2.32. The van der Waals surface area contributed by atoms with Gasteiger partial charge in [-0.1, -0.05) is 49.6 Å². The summed E-state index contributed by atoms with van der Waals surface area (Å²) >= 11 is 0. The molecular weight excluding hydrogens is 422 g/mol. The molecule has 172 valence electrons. The Morgan fingerprint density at radius 3 is 2.35 bits per heavy atom. The van der Waals surface area contributed by atoms with E-state index < -0.39 is 0 Å². The summed E-state index contributed by atoms with van der Waals surface area (Å²) in [7, 11) is 0. The maximum Gasteiger partial charge on any atom is 0.320 e. The first-order valence-corrected chi connectivity index (χ1v) is 12.0. The second-order valence-electron chi connectivity index (χ2n) is 9.08. The molecule has 1 saturated carbocycles. The Hall–Kier alpha value is -3.80. The van der Waals surface area contributed by atoms with Crippen molar-refractivity contribution in [3.63, 3.8) is 0 Å². The van der Waals surface area contributed by atoms with Gasteiger partial charge >= 0.3 is 6.03 Å². The third kappa shape index (κ3) is 4.76. The molecule has 4 aromatic rings. The summed E-state index contributed by atoms with van der Waals surface area (Å²) in [6.07, 6.45) is 7.22. The van der Waals surface area contributed by atoms with Crippen LogP contribution in [0.4, 0.5) is 10.6 Å². The molecule has 2 aromatic carbocycles. The van der Waals surface area contributed by atoms with Crippen LogP contribution in [-0.2, 0) is 0 Å². The highest BCUT2D eigenvalue weighted by atomic mass is 16.2. The molecule has 1 aliphatic rings. The first-order valence-electron chi connectivity index (χ1n) is 12.0. The Morgan fingerprint density at radius 2 is 1.62 bits per heavy atom. The lowest BCUT2D eigenvalue weighted by Gasteiger charge is -2.22. The number of nitrogens with one attached hydrogen (secondary N) is 2. The Balaban J connectivity index is 1.39. The minimum Gasteiger partial charge on any atom is -0.335 e. The van der Waals surface area contributed by atoms with Gasteiger partial charge in [0.25, 0.3) is 0 Å². The lowest BCUT2D eigenvalue weighted by molar-refractivity contribution is 0.244. The molecule has 6 nitrogen and oxygen atoms in total. The summed E-state index contributed by atoms with van der Waals surface area (Å²) in [6, 6.07) is 18.6. The van der Waals surface area contributed by atoms with E-state index in [-0.39, 0.29) is 12.1 Å². The summed E-state index contributed by atoms with van der Waals surface area (Å²) in [5.41, 5.74) is 7.92. The van der Waals surface area contributed by atoms with Gasteiger partial charge in [-0.3, -0.25) is 5.32 Å². The van der Waals surface area contributed by atoms with Crippen LogP contribution in [0.3, 0.4) is 0 Å². The molecule has 2 aromatic heterocycles. The number of carbonyl (C=O) groups is 1. The number of aromatic nitrogens is 3. The van der Waals surface area contributed by atoms with Crippen LogP contribution < -0.4 is 10.6 Å². The van der Waals surface area contributed by atoms with E-state index in [1.54, 1.807) is 6.20 Å². The summed E-state index contributed by atoms with van der Waals surface area (Å²) in [6.45, 7) is 4.26. The predicted molar refractivity (Wildman–Crippen MR) is 137 cm³/mol. The smallest absolute Gasteiger partial charge is 0.320 e. The lowest BCUT2D eigenvalue weighted by Crippen LogP contribution is -2.39. The van der Waals surface area contributed by atoms with Gasteiger partial charge in [0.1, 0.15) is 5.52 Å². The quantitative estimate of drug-likeness (QED) is 0.375. The number of hydrogen-bond acceptors (Lipinski definition) is 4. The van der Waals surface area contributed by atoms with E-state index in [4.69, 9.17) is 4.98 Å². The summed E-state index contributed by atoms with van der Waals surface area (Å²) in [5, 5.41) is 5.87. The van der Waals surface area contributed by atoms with Crippen LogP contribution in [0.1, 0.15) is 43.2 Å². The Labute approximate surface area is 199 Å². The first kappa shape index (κ1) is 22.0. The largest absolute Gasteiger partial charge is 0.335 e. The average molecular weight is 452 g/mol. The van der Waals surface area contributed by atoms with Gasteiger partial charge in [-0.15, -0.1) is 0 Å². The van der Waals surface area contributed by atoms with Crippen LogP contribution in [0, 0.1) is 13.8 Å². The summed E-state index contributed by atoms with van der Waals surface area (Å²) in [4.78, 5) is 26.2. The Bertz CT molecular complexity index is 1310. The van der Waals surface area contributed by atoms with Crippen LogP contribution in [0.15, 0.2) is 60.8 Å². The molecule has 2 heterocycles. The van der Waals surface area contributed by atoms with E-state index >= 15 is 0 Å². The number of nitrogens with zero attached hydrogens (tertiary/aromatic N) is 3. The Morgan fingerprint density at radius 1 is 0.882 bits per heavy atom. The highest BCUT2D eigenvalue weighted by Gasteiger charge is 2.16. The molecule has 0 bridgehead atoms. The van der Waals surface area contributed by atoms with E-state index in [1.807, 2.05) is 18.2 Å². The van der Waals surface area contributed by atoms with Crippen LogP contribution in [0.5, 0.6) is 0 Å². The molecule has 0 saturated heterocycles. The molecule has 0 unspecified atom stereocenters. The molecule has 1 aliphatic carbocycles. The number of benzene rings is 2. The summed E-state index contributed by atoms with van der Waals surface area (Å²) < 4.78 is 0. The fourth-order valence-corrected chi connectivity index (χ4v) is 4.88. The van der Waals surface area contributed by atoms with Crippen molar-refractivity contribution in [2.75, 3.05) is 5.32 Å². The molecule has 2 amide bonds. The highest BCUT2D eigenvalue weighted by molar-refractivity contribution is 5.89. The minimum atomic E-state index is -0.237. The maximum atomic E-state index is 12.4. The number of rotatable bonds is 4. The number of hydrogen-bond donors (Lipinski definition) is 2. The van der Waals surface area contributed by atoms with Crippen molar-refractivity contribution in [3.05, 3.63) is 71.9 Å². The third-order valence-corrected chi connectivity index (χ3v) is 6.48. The molecule has 0 radical (unpaired) electrons. The van der Waals surface area contributed by atoms with Gasteiger partial charge in [0.15, 0.2) is 11.5 Å². The van der Waals surface area contributed by atoms with Gasteiger partial charge in [0, 0.05) is 11.6 Å². The van der Waals surface area contributed by atoms with Crippen molar-refractivity contribution in [1.82, 2.24) is 20.3 Å². The van der Waals surface area contributed by atoms with Crippen molar-refractivity contribution in [3.8, 4) is 22.4 Å². The molecule has 0 atom stereocenters. The molecule has 1 fully saturated rings. The zero-order valence-electron chi connectivity index (χ0n) is 19.6. The lowest BCUT2D eigenvalue weighted by atomic mass is 9.92. The molecule has 2 N–H and O–H groups in total. The van der Waals surface area contributed by atoms with Crippen molar-refractivity contribution in [2.24, 2.45) is 0 Å². The zero-order chi connectivity index (χ0) is 23.5. The molecule has 0 spiro atoms. The molecular formula is C28H29N5O. The number of fused-ring (bicyclic) bond motifs is 1. The van der Waals surface area contributed by atoms with Crippen LogP contribution in [-0.4, -0.2) is 27.0 Å². The van der Waals surface area contributed by atoms with Gasteiger partial charge in [-0.25, -0.2) is 19.7 Å². The third-order valence-electron chi connectivity index (χ3n) is 6.48. The second-order valence-corrected chi connectivity index (χ2v) is 9.08. The van der Waals surface area contributed by atoms with E-state index in [2.05, 4.69) is 70.8 Å². The maximum absolute atomic E-state index is 12.4. The van der Waals surface area contributed by atoms with Gasteiger partial charge in [-0.05, 0) is 73.2 Å². The predicted octanol–water partition coefficient (Wildman–Crippen LogP) is 6.43. The minimum absolute atomic E-state index is 0.234. The Kier molecular flexibility index (Phi) is 6.21. The zero-order valence-corrected chi connectivity index (χ0v) is 19.6. The number of amides is 2. The van der Waals surface area contributed by atoms with Crippen molar-refractivity contribution in [1.29, 1.82) is 0 Å². The summed E-state index contributed by atoms with van der Waals surface area (Å²) in [5.74, 6) is 0.400. The van der Waals surface area contributed by atoms with E-state index in [1.165, 1.54) is 41.5 Å². The number of pyridine rings is 1. The van der Waals surface area contributed by atoms with Gasteiger partial charge < -0.3 is 5.32 Å². The van der Waals surface area contributed by atoms with Crippen LogP contribution in [0.2, 0.25) is 0 Å². The SMILES string of the molecule is Cc1cc(-c2ccc3ncc(NC(=O)NC4CCCCC4)nc3n2)cc(C)c1-c1ccccc1. The number of urea groups is 1. The van der Waals surface area contributed by atoms with Gasteiger partial charge in [0.2, 0.25) is 0 Å². The normalized spacial score (nSPS) is 14.2. The van der Waals surface area contributed by atoms with Gasteiger partial charge in [-0.2, -0.15) is 0 Å². The van der Waals surface area contributed by atoms with Gasteiger partial charge in [0.05, 0.1) is 11.9 Å². The standard InChI is InChI=1S/C28H29N5O/c1-18-15-21(16-19(2)26(18)20-9-5-3-6-10-20)23-13-14-24-27(31-23)32-25(17-29-24)33-28(34)30-22-11-7-4-8-12-22/h3,5-6,9-10,13-17,22H,4,7-8,11-12H2,1-2H3,(H2,30,31,32,33,34). The molecule has 5 rings (SSSR count). The molecule has 6 heteroatoms. The van der Waals surface area contributed by atoms with E-state index in [0.29, 0.717) is 17.0 Å². The average Bonchev–Trinajstić information content (AvgIpc) is 2.84. The number of aryl methyl sites for hydroxylation is 2.